The van der Waals surface area contributed by atoms with Gasteiger partial charge in [0.15, 0.2) is 5.65 Å². The minimum atomic E-state index is 0.526. The highest BCUT2D eigenvalue weighted by molar-refractivity contribution is 6.33. The lowest BCUT2D eigenvalue weighted by atomic mass is 9.99. The van der Waals surface area contributed by atoms with Gasteiger partial charge < -0.3 is 4.74 Å². The van der Waals surface area contributed by atoms with Crippen molar-refractivity contribution in [1.29, 1.82) is 5.26 Å². The van der Waals surface area contributed by atoms with E-state index in [2.05, 4.69) is 11.1 Å². The smallest absolute Gasteiger partial charge is 0.157 e. The molecular weight excluding hydrogens is 334 g/mol. The van der Waals surface area contributed by atoms with E-state index in [0.29, 0.717) is 16.4 Å². The lowest BCUT2D eigenvalue weighted by Gasteiger charge is -2.14. The van der Waals surface area contributed by atoms with Crippen LogP contribution in [-0.4, -0.2) is 16.5 Å². The molecule has 0 spiro atoms. The first kappa shape index (κ1) is 15.5. The molecule has 2 aromatic heterocycles. The molecule has 0 bridgehead atoms. The number of halogens is 1. The molecule has 0 saturated heterocycles. The summed E-state index contributed by atoms with van der Waals surface area (Å²) in [6.45, 7) is 1.90. The van der Waals surface area contributed by atoms with Crippen LogP contribution in [0.25, 0.3) is 27.8 Å². The normalized spacial score (nSPS) is 11.0. The highest BCUT2D eigenvalue weighted by Gasteiger charge is 2.20. The largest absolute Gasteiger partial charge is 0.497 e. The van der Waals surface area contributed by atoms with Crippen LogP contribution in [0.4, 0.5) is 0 Å². The van der Waals surface area contributed by atoms with Gasteiger partial charge in [-0.2, -0.15) is 5.26 Å². The van der Waals surface area contributed by atoms with Gasteiger partial charge in [0.25, 0.3) is 0 Å². The van der Waals surface area contributed by atoms with Crippen molar-refractivity contribution in [2.45, 2.75) is 6.92 Å². The summed E-state index contributed by atoms with van der Waals surface area (Å²) in [7, 11) is 1.63. The minimum Gasteiger partial charge on any atom is -0.497 e. The molecule has 0 radical (unpaired) electrons. The van der Waals surface area contributed by atoms with Crippen LogP contribution in [0.2, 0.25) is 5.15 Å². The van der Waals surface area contributed by atoms with Crippen molar-refractivity contribution < 1.29 is 4.74 Å². The maximum absolute atomic E-state index is 9.73. The number of fused-ring (bicyclic) bond motifs is 3. The summed E-state index contributed by atoms with van der Waals surface area (Å²) < 4.78 is 7.17. The van der Waals surface area contributed by atoms with Crippen molar-refractivity contribution in [2.24, 2.45) is 0 Å². The molecule has 0 unspecified atom stereocenters. The number of para-hydroxylation sites is 2. The molecule has 0 fully saturated rings. The van der Waals surface area contributed by atoms with Crippen LogP contribution in [0.5, 0.6) is 5.75 Å². The Morgan fingerprint density at radius 3 is 2.72 bits per heavy atom. The number of imidazole rings is 1. The number of hydrogen-bond acceptors (Lipinski definition) is 3. The second kappa shape index (κ2) is 5.80. The SMILES string of the molecule is COc1cccc(-c2c(C)c(C#N)c3nc4ccccc4n3c2Cl)c1. The summed E-state index contributed by atoms with van der Waals surface area (Å²) in [6, 6.07) is 17.7. The Kier molecular flexibility index (Phi) is 3.60. The number of benzene rings is 2. The van der Waals surface area contributed by atoms with Gasteiger partial charge in [-0.05, 0) is 42.3 Å². The van der Waals surface area contributed by atoms with E-state index < -0.39 is 0 Å². The maximum atomic E-state index is 9.73. The Morgan fingerprint density at radius 2 is 1.96 bits per heavy atom. The van der Waals surface area contributed by atoms with E-state index in [1.54, 1.807) is 7.11 Å². The second-order valence-electron chi connectivity index (χ2n) is 5.77. The summed E-state index contributed by atoms with van der Waals surface area (Å²) in [5.41, 5.74) is 5.32. The standard InChI is InChI=1S/C20H14ClN3O/c1-12-15(11-22)20-23-16-8-3-4-9-17(16)24(20)19(21)18(12)13-6-5-7-14(10-13)25-2/h3-10H,1-2H3. The summed E-state index contributed by atoms with van der Waals surface area (Å²) in [6.07, 6.45) is 0. The third kappa shape index (κ3) is 2.25. The summed E-state index contributed by atoms with van der Waals surface area (Å²) in [5.74, 6) is 0.738. The van der Waals surface area contributed by atoms with E-state index in [0.717, 1.165) is 33.5 Å². The summed E-state index contributed by atoms with van der Waals surface area (Å²) in [4.78, 5) is 4.61. The molecule has 4 rings (SSSR count). The Hall–Kier alpha value is -3.03. The van der Waals surface area contributed by atoms with Crippen LogP contribution in [0.1, 0.15) is 11.1 Å². The zero-order chi connectivity index (χ0) is 17.6. The molecule has 0 aliphatic rings. The Labute approximate surface area is 149 Å². The van der Waals surface area contributed by atoms with Gasteiger partial charge >= 0.3 is 0 Å². The number of nitrogens with zero attached hydrogens (tertiary/aromatic N) is 3. The van der Waals surface area contributed by atoms with Crippen molar-refractivity contribution in [3.05, 3.63) is 64.8 Å². The van der Waals surface area contributed by atoms with Crippen LogP contribution in [0, 0.1) is 18.3 Å². The van der Waals surface area contributed by atoms with E-state index in [1.165, 1.54) is 0 Å². The Balaban J connectivity index is 2.18. The molecule has 4 nitrogen and oxygen atoms in total. The van der Waals surface area contributed by atoms with Gasteiger partial charge in [-0.15, -0.1) is 0 Å². The van der Waals surface area contributed by atoms with E-state index in [1.807, 2.05) is 59.9 Å². The minimum absolute atomic E-state index is 0.526. The van der Waals surface area contributed by atoms with Gasteiger partial charge in [0.05, 0.1) is 23.7 Å². The number of pyridine rings is 1. The van der Waals surface area contributed by atoms with Crippen molar-refractivity contribution in [3.63, 3.8) is 0 Å². The Morgan fingerprint density at radius 1 is 1.16 bits per heavy atom. The van der Waals surface area contributed by atoms with Gasteiger partial charge in [-0.25, -0.2) is 4.98 Å². The lowest BCUT2D eigenvalue weighted by Crippen LogP contribution is -1.99. The first-order valence-corrected chi connectivity index (χ1v) is 8.17. The van der Waals surface area contributed by atoms with E-state index in [9.17, 15) is 5.26 Å². The zero-order valence-corrected chi connectivity index (χ0v) is 14.5. The molecule has 4 aromatic rings. The predicted octanol–water partition coefficient (Wildman–Crippen LogP) is 5.00. The molecule has 2 aromatic carbocycles. The highest BCUT2D eigenvalue weighted by atomic mass is 35.5. The first-order chi connectivity index (χ1) is 12.2. The third-order valence-corrected chi connectivity index (χ3v) is 4.77. The molecule has 2 heterocycles. The maximum Gasteiger partial charge on any atom is 0.157 e. The number of rotatable bonds is 2. The number of ether oxygens (including phenoxy) is 1. The van der Waals surface area contributed by atoms with Gasteiger partial charge in [0, 0.05) is 5.56 Å². The number of methoxy groups -OCH3 is 1. The molecule has 122 valence electrons. The molecule has 0 N–H and O–H groups in total. The fourth-order valence-electron chi connectivity index (χ4n) is 3.20. The fraction of sp³-hybridized carbons (Fsp3) is 0.100. The Bertz CT molecular complexity index is 1170. The monoisotopic (exact) mass is 347 g/mol. The lowest BCUT2D eigenvalue weighted by molar-refractivity contribution is 0.415. The van der Waals surface area contributed by atoms with Crippen molar-refractivity contribution in [3.8, 4) is 22.9 Å². The molecule has 0 aliphatic heterocycles. The second-order valence-corrected chi connectivity index (χ2v) is 6.13. The van der Waals surface area contributed by atoms with Gasteiger partial charge in [-0.1, -0.05) is 35.9 Å². The van der Waals surface area contributed by atoms with Crippen LogP contribution in [0.3, 0.4) is 0 Å². The van der Waals surface area contributed by atoms with Crippen molar-refractivity contribution >= 4 is 28.3 Å². The summed E-state index contributed by atoms with van der Waals surface area (Å²) >= 11 is 6.80. The molecule has 25 heavy (non-hydrogen) atoms. The quantitative estimate of drug-likeness (QED) is 0.479. The van der Waals surface area contributed by atoms with Gasteiger partial charge in [-0.3, -0.25) is 4.40 Å². The highest BCUT2D eigenvalue weighted by Crippen LogP contribution is 2.37. The van der Waals surface area contributed by atoms with E-state index in [4.69, 9.17) is 16.3 Å². The van der Waals surface area contributed by atoms with Crippen molar-refractivity contribution in [2.75, 3.05) is 7.11 Å². The molecule has 5 heteroatoms. The molecule has 0 amide bonds. The van der Waals surface area contributed by atoms with Crippen LogP contribution in [0.15, 0.2) is 48.5 Å². The third-order valence-electron chi connectivity index (χ3n) is 4.41. The summed E-state index contributed by atoms with van der Waals surface area (Å²) in [5, 5.41) is 10.3. The van der Waals surface area contributed by atoms with Gasteiger partial charge in [0.2, 0.25) is 0 Å². The van der Waals surface area contributed by atoms with Crippen molar-refractivity contribution in [1.82, 2.24) is 9.38 Å². The topological polar surface area (TPSA) is 50.3 Å². The zero-order valence-electron chi connectivity index (χ0n) is 13.7. The van der Waals surface area contributed by atoms with Crippen LogP contribution >= 0.6 is 11.6 Å². The van der Waals surface area contributed by atoms with Crippen LogP contribution in [-0.2, 0) is 0 Å². The van der Waals surface area contributed by atoms with E-state index >= 15 is 0 Å². The first-order valence-electron chi connectivity index (χ1n) is 7.79. The molecule has 0 atom stereocenters. The van der Waals surface area contributed by atoms with Gasteiger partial charge in [0.1, 0.15) is 17.0 Å². The number of aromatic nitrogens is 2. The molecular formula is C20H14ClN3O. The number of hydrogen-bond donors (Lipinski definition) is 0. The average Bonchev–Trinajstić information content (AvgIpc) is 3.02. The van der Waals surface area contributed by atoms with Crippen LogP contribution < -0.4 is 4.74 Å². The molecule has 0 aliphatic carbocycles. The van der Waals surface area contributed by atoms with E-state index in [-0.39, 0.29) is 0 Å². The average molecular weight is 348 g/mol. The molecule has 0 saturated carbocycles. The fourth-order valence-corrected chi connectivity index (χ4v) is 3.62. The predicted molar refractivity (Wildman–Crippen MR) is 99.1 cm³/mol. The number of nitriles is 1.